The molecule has 0 atom stereocenters. The second kappa shape index (κ2) is 2.85. The summed E-state index contributed by atoms with van der Waals surface area (Å²) in [6.45, 7) is 0. The van der Waals surface area contributed by atoms with Gasteiger partial charge in [0, 0.05) is 6.20 Å². The van der Waals surface area contributed by atoms with Gasteiger partial charge < -0.3 is 0 Å². The van der Waals surface area contributed by atoms with E-state index >= 15 is 0 Å². The van der Waals surface area contributed by atoms with Crippen molar-refractivity contribution in [1.29, 1.82) is 0 Å². The van der Waals surface area contributed by atoms with E-state index in [9.17, 15) is 9.18 Å². The summed E-state index contributed by atoms with van der Waals surface area (Å²) >= 11 is 0. The summed E-state index contributed by atoms with van der Waals surface area (Å²) in [5, 5.41) is 0. The standard InChI is InChI=1S/C6H3FN2O/c7-5-3-8-2-1-6(5)9-4-10/h1-3H. The number of carbonyl (C=O) groups excluding carboxylic acids is 1. The molecule has 0 saturated heterocycles. The highest BCUT2D eigenvalue weighted by molar-refractivity contribution is 5.48. The van der Waals surface area contributed by atoms with Gasteiger partial charge in [-0.2, -0.15) is 4.99 Å². The number of aromatic nitrogens is 1. The molecular weight excluding hydrogens is 135 g/mol. The second-order valence-electron chi connectivity index (χ2n) is 1.53. The first kappa shape index (κ1) is 6.58. The van der Waals surface area contributed by atoms with E-state index in [2.05, 4.69) is 9.98 Å². The van der Waals surface area contributed by atoms with Crippen LogP contribution in [0.25, 0.3) is 0 Å². The zero-order valence-corrected chi connectivity index (χ0v) is 4.91. The SMILES string of the molecule is O=C=Nc1ccncc1F. The first-order valence-corrected chi connectivity index (χ1v) is 2.52. The minimum Gasteiger partial charge on any atom is -0.262 e. The van der Waals surface area contributed by atoms with Gasteiger partial charge in [0.05, 0.1) is 6.20 Å². The first-order chi connectivity index (χ1) is 4.84. The van der Waals surface area contributed by atoms with Crippen LogP contribution < -0.4 is 0 Å². The van der Waals surface area contributed by atoms with Crippen LogP contribution in [0, 0.1) is 5.82 Å². The Kier molecular flexibility index (Phi) is 1.87. The number of halogens is 1. The lowest BCUT2D eigenvalue weighted by Gasteiger charge is -1.88. The van der Waals surface area contributed by atoms with Gasteiger partial charge in [-0.15, -0.1) is 0 Å². The Labute approximate surface area is 56.2 Å². The average molecular weight is 138 g/mol. The van der Waals surface area contributed by atoms with Crippen molar-refractivity contribution in [3.8, 4) is 0 Å². The van der Waals surface area contributed by atoms with E-state index in [1.807, 2.05) is 0 Å². The molecule has 1 rings (SSSR count). The van der Waals surface area contributed by atoms with Gasteiger partial charge in [0.15, 0.2) is 5.82 Å². The molecule has 0 aliphatic carbocycles. The van der Waals surface area contributed by atoms with Crippen molar-refractivity contribution in [2.45, 2.75) is 0 Å². The smallest absolute Gasteiger partial charge is 0.240 e. The van der Waals surface area contributed by atoms with Gasteiger partial charge in [-0.25, -0.2) is 9.18 Å². The topological polar surface area (TPSA) is 42.3 Å². The molecule has 0 amide bonds. The third kappa shape index (κ3) is 1.24. The largest absolute Gasteiger partial charge is 0.262 e. The van der Waals surface area contributed by atoms with Gasteiger partial charge >= 0.3 is 0 Å². The van der Waals surface area contributed by atoms with Crippen molar-refractivity contribution in [2.24, 2.45) is 4.99 Å². The summed E-state index contributed by atoms with van der Waals surface area (Å²) in [6.07, 6.45) is 3.56. The van der Waals surface area contributed by atoms with E-state index < -0.39 is 5.82 Å². The van der Waals surface area contributed by atoms with Gasteiger partial charge in [-0.3, -0.25) is 4.98 Å². The Morgan fingerprint density at radius 3 is 3.10 bits per heavy atom. The number of nitrogens with zero attached hydrogens (tertiary/aromatic N) is 2. The number of hydrogen-bond donors (Lipinski definition) is 0. The molecule has 0 radical (unpaired) electrons. The highest BCUT2D eigenvalue weighted by atomic mass is 19.1. The first-order valence-electron chi connectivity index (χ1n) is 2.52. The van der Waals surface area contributed by atoms with Crippen LogP contribution in [0.5, 0.6) is 0 Å². The Bertz CT molecular complexity index is 281. The summed E-state index contributed by atoms with van der Waals surface area (Å²) in [5.41, 5.74) is -0.0370. The molecule has 50 valence electrons. The Hall–Kier alpha value is -1.54. The van der Waals surface area contributed by atoms with E-state index in [1.54, 1.807) is 0 Å². The van der Waals surface area contributed by atoms with Crippen LogP contribution >= 0.6 is 0 Å². The molecule has 10 heavy (non-hydrogen) atoms. The minimum atomic E-state index is -0.620. The average Bonchev–Trinajstić information content (AvgIpc) is 1.94. The molecule has 0 aliphatic rings. The van der Waals surface area contributed by atoms with Crippen LogP contribution in [0.1, 0.15) is 0 Å². The fraction of sp³-hybridized carbons (Fsp3) is 0. The summed E-state index contributed by atoms with van der Waals surface area (Å²) < 4.78 is 12.4. The van der Waals surface area contributed by atoms with Crippen LogP contribution in [-0.4, -0.2) is 11.1 Å². The lowest BCUT2D eigenvalue weighted by molar-refractivity contribution is 0.564. The lowest BCUT2D eigenvalue weighted by atomic mass is 10.4. The maximum atomic E-state index is 12.4. The molecule has 1 aromatic heterocycles. The van der Waals surface area contributed by atoms with Crippen molar-refractivity contribution < 1.29 is 9.18 Å². The van der Waals surface area contributed by atoms with E-state index in [1.165, 1.54) is 18.3 Å². The van der Waals surface area contributed by atoms with Gasteiger partial charge in [0.1, 0.15) is 5.69 Å². The van der Waals surface area contributed by atoms with Crippen molar-refractivity contribution in [3.63, 3.8) is 0 Å². The highest BCUT2D eigenvalue weighted by Crippen LogP contribution is 2.12. The van der Waals surface area contributed by atoms with Crippen LogP contribution in [-0.2, 0) is 4.79 Å². The van der Waals surface area contributed by atoms with E-state index in [-0.39, 0.29) is 5.69 Å². The predicted octanol–water partition coefficient (Wildman–Crippen LogP) is 1.19. The maximum absolute atomic E-state index is 12.4. The van der Waals surface area contributed by atoms with Crippen LogP contribution in [0.2, 0.25) is 0 Å². The Morgan fingerprint density at radius 2 is 2.50 bits per heavy atom. The molecule has 0 fully saturated rings. The molecule has 3 nitrogen and oxygen atoms in total. The maximum Gasteiger partial charge on any atom is 0.240 e. The van der Waals surface area contributed by atoms with Crippen LogP contribution in [0.15, 0.2) is 23.5 Å². The van der Waals surface area contributed by atoms with E-state index in [0.717, 1.165) is 6.20 Å². The Morgan fingerprint density at radius 1 is 1.70 bits per heavy atom. The van der Waals surface area contributed by atoms with Gasteiger partial charge in [-0.05, 0) is 6.07 Å². The number of pyridine rings is 1. The summed E-state index contributed by atoms with van der Waals surface area (Å²) in [7, 11) is 0. The molecule has 0 saturated carbocycles. The summed E-state index contributed by atoms with van der Waals surface area (Å²) in [4.78, 5) is 16.2. The summed E-state index contributed by atoms with van der Waals surface area (Å²) in [5.74, 6) is -0.620. The molecule has 0 aliphatic heterocycles. The van der Waals surface area contributed by atoms with Gasteiger partial charge in [0.2, 0.25) is 6.08 Å². The lowest BCUT2D eigenvalue weighted by Crippen LogP contribution is -1.76. The van der Waals surface area contributed by atoms with Crippen molar-refractivity contribution >= 4 is 11.8 Å². The molecule has 0 N–H and O–H groups in total. The Balaban J connectivity index is 3.14. The van der Waals surface area contributed by atoms with Crippen molar-refractivity contribution in [3.05, 3.63) is 24.3 Å². The molecule has 0 unspecified atom stereocenters. The molecule has 1 aromatic rings. The molecule has 0 spiro atoms. The van der Waals surface area contributed by atoms with Gasteiger partial charge in [-0.1, -0.05) is 0 Å². The molecular formula is C6H3FN2O. The zero-order valence-electron chi connectivity index (χ0n) is 4.91. The number of rotatable bonds is 1. The molecule has 0 bridgehead atoms. The van der Waals surface area contributed by atoms with E-state index in [0.29, 0.717) is 0 Å². The van der Waals surface area contributed by atoms with Gasteiger partial charge in [0.25, 0.3) is 0 Å². The third-order valence-electron chi connectivity index (χ3n) is 0.917. The normalized spacial score (nSPS) is 8.50. The van der Waals surface area contributed by atoms with Crippen molar-refractivity contribution in [1.82, 2.24) is 4.98 Å². The number of isocyanates is 1. The molecule has 1 heterocycles. The molecule has 0 aromatic carbocycles. The summed E-state index contributed by atoms with van der Waals surface area (Å²) in [6, 6.07) is 1.29. The zero-order chi connectivity index (χ0) is 7.40. The van der Waals surface area contributed by atoms with Crippen LogP contribution in [0.3, 0.4) is 0 Å². The number of hydrogen-bond acceptors (Lipinski definition) is 3. The quantitative estimate of drug-likeness (QED) is 0.432. The number of aliphatic imine (C=N–C) groups is 1. The highest BCUT2D eigenvalue weighted by Gasteiger charge is 1.96. The van der Waals surface area contributed by atoms with Crippen LogP contribution in [0.4, 0.5) is 10.1 Å². The fourth-order valence-corrected chi connectivity index (χ4v) is 0.508. The van der Waals surface area contributed by atoms with Crippen molar-refractivity contribution in [2.75, 3.05) is 0 Å². The third-order valence-corrected chi connectivity index (χ3v) is 0.917. The second-order valence-corrected chi connectivity index (χ2v) is 1.53. The van der Waals surface area contributed by atoms with E-state index in [4.69, 9.17) is 0 Å². The predicted molar refractivity (Wildman–Crippen MR) is 32.0 cm³/mol. The molecule has 4 heteroatoms. The monoisotopic (exact) mass is 138 g/mol. The fourth-order valence-electron chi connectivity index (χ4n) is 0.508. The minimum absolute atomic E-state index is 0.0370.